The number of quaternary nitrogens is 1. The van der Waals surface area contributed by atoms with Gasteiger partial charge in [0.05, 0.1) is 0 Å². The molecule has 0 aliphatic carbocycles. The number of anilines is 7. The van der Waals surface area contributed by atoms with Crippen LogP contribution in [-0.2, 0) is 0 Å². The molecule has 0 radical (unpaired) electrons. The predicted octanol–water partition coefficient (Wildman–Crippen LogP) is 17.0. The zero-order chi connectivity index (χ0) is 48.4. The van der Waals surface area contributed by atoms with Gasteiger partial charge in [0.15, 0.2) is 0 Å². The highest BCUT2D eigenvalue weighted by Gasteiger charge is 2.22. The van der Waals surface area contributed by atoms with E-state index < -0.39 is 0 Å². The Labute approximate surface area is 416 Å². The second-order valence-electron chi connectivity index (χ2n) is 19.2. The van der Waals surface area contributed by atoms with E-state index in [1.807, 2.05) is 0 Å². The van der Waals surface area contributed by atoms with Crippen LogP contribution in [-0.4, -0.2) is 52.4 Å². The molecule has 5 aromatic carbocycles. The molecule has 5 rings (SSSR count). The lowest BCUT2D eigenvalue weighted by atomic mass is 10.1. The van der Waals surface area contributed by atoms with Crippen molar-refractivity contribution < 1.29 is 4.90 Å². The maximum Gasteiger partial charge on any atom is 0.141 e. The summed E-state index contributed by atoms with van der Waals surface area (Å²) < 4.78 is 0. The number of hydrogen-bond acceptors (Lipinski definition) is 5. The standard InChI is InChI=1S/C62H92N6/c1-9-17-45-63(46-18-10-2)53-25-33-57(34-26-53)67(58-35-27-54(28-36-58)64(47-19-11-3)48-20-12-4)61-41-43-62(44-42-61)68(59-37-29-55(30-38-59)65(49-21-13-5)50-22-14-6)60-39-31-56(32-40-60)66(51-23-15-7)52-24-16-8/h25-44H,9-24,45-52H2,1-8H3/p+1. The molecule has 68 heavy (non-hydrogen) atoms. The quantitative estimate of drug-likeness (QED) is 0.0442. The second-order valence-corrected chi connectivity index (χ2v) is 19.2. The Morgan fingerprint density at radius 3 is 0.588 bits per heavy atom. The number of unbranched alkanes of at least 4 members (excludes halogenated alkanes) is 8. The minimum absolute atomic E-state index is 1.10. The van der Waals surface area contributed by atoms with Crippen molar-refractivity contribution in [3.63, 3.8) is 0 Å². The van der Waals surface area contributed by atoms with E-state index in [4.69, 9.17) is 0 Å². The van der Waals surface area contributed by atoms with Crippen LogP contribution in [0, 0.1) is 0 Å². The molecule has 0 aromatic heterocycles. The number of nitrogens with one attached hydrogen (secondary N) is 1. The molecule has 0 aliphatic rings. The second kappa shape index (κ2) is 30.5. The van der Waals surface area contributed by atoms with Gasteiger partial charge in [-0.3, -0.25) is 0 Å². The molecule has 0 saturated heterocycles. The zero-order valence-corrected chi connectivity index (χ0v) is 44.3. The molecule has 0 atom stereocenters. The van der Waals surface area contributed by atoms with Crippen LogP contribution in [0.15, 0.2) is 121 Å². The smallest absolute Gasteiger partial charge is 0.141 e. The molecule has 0 aliphatic heterocycles. The largest absolute Gasteiger partial charge is 0.372 e. The summed E-state index contributed by atoms with van der Waals surface area (Å²) in [6, 6.07) is 47.1. The van der Waals surface area contributed by atoms with Crippen LogP contribution in [0.3, 0.4) is 0 Å². The van der Waals surface area contributed by atoms with E-state index >= 15 is 0 Å². The van der Waals surface area contributed by atoms with E-state index in [0.717, 1.165) is 58.0 Å². The van der Waals surface area contributed by atoms with Gasteiger partial charge in [-0.1, -0.05) is 107 Å². The highest BCUT2D eigenvalue weighted by atomic mass is 15.2. The van der Waals surface area contributed by atoms with Gasteiger partial charge in [-0.05, 0) is 136 Å². The number of hydrogen-bond donors (Lipinski definition) is 1. The van der Waals surface area contributed by atoms with Gasteiger partial charge in [-0.2, -0.15) is 0 Å². The van der Waals surface area contributed by atoms with Gasteiger partial charge in [-0.25, -0.2) is 4.90 Å². The molecule has 0 amide bonds. The highest BCUT2D eigenvalue weighted by Crippen LogP contribution is 2.37. The summed E-state index contributed by atoms with van der Waals surface area (Å²) in [5, 5.41) is 0. The van der Waals surface area contributed by atoms with Gasteiger partial charge in [0.2, 0.25) is 0 Å². The lowest BCUT2D eigenvalue weighted by molar-refractivity contribution is -0.681. The molecule has 0 bridgehead atoms. The summed E-state index contributed by atoms with van der Waals surface area (Å²) >= 11 is 0. The van der Waals surface area contributed by atoms with Crippen LogP contribution in [0.2, 0.25) is 0 Å². The van der Waals surface area contributed by atoms with Gasteiger partial charge >= 0.3 is 0 Å². The van der Waals surface area contributed by atoms with Gasteiger partial charge in [0, 0.05) is 129 Å². The molecule has 370 valence electrons. The van der Waals surface area contributed by atoms with Gasteiger partial charge in [0.25, 0.3) is 0 Å². The number of benzene rings is 5. The van der Waals surface area contributed by atoms with Crippen LogP contribution in [0.4, 0.5) is 56.9 Å². The molecule has 0 saturated carbocycles. The fraction of sp³-hybridized carbons (Fsp3) is 0.516. The zero-order valence-electron chi connectivity index (χ0n) is 44.3. The van der Waals surface area contributed by atoms with E-state index in [1.165, 1.54) is 159 Å². The van der Waals surface area contributed by atoms with Gasteiger partial charge in [0.1, 0.15) is 17.1 Å². The Balaban J connectivity index is 1.58. The van der Waals surface area contributed by atoms with Crippen LogP contribution in [0.5, 0.6) is 0 Å². The van der Waals surface area contributed by atoms with Crippen molar-refractivity contribution in [2.24, 2.45) is 0 Å². The summed E-state index contributed by atoms with van der Waals surface area (Å²) in [5.74, 6) is 0. The Morgan fingerprint density at radius 2 is 0.397 bits per heavy atom. The molecule has 0 heterocycles. The van der Waals surface area contributed by atoms with Crippen LogP contribution < -0.4 is 29.4 Å². The SMILES string of the molecule is CCCCN(CCCC)c1ccc(N(c2ccc(N(CCCC)CCCC)cc2)c2ccc([NH+](c3ccc(N(CCCC)CCCC)cc3)c3ccc(N(CCCC)CCCC)cc3)cc2)cc1. The molecule has 1 N–H and O–H groups in total. The average Bonchev–Trinajstić information content (AvgIpc) is 3.38. The summed E-state index contributed by atoms with van der Waals surface area (Å²) in [6.07, 6.45) is 19.4. The highest BCUT2D eigenvalue weighted by molar-refractivity contribution is 5.79. The lowest BCUT2D eigenvalue weighted by Gasteiger charge is -2.29. The third-order valence-corrected chi connectivity index (χ3v) is 13.7. The van der Waals surface area contributed by atoms with E-state index in [1.54, 1.807) is 0 Å². The Kier molecular flexibility index (Phi) is 24.2. The first-order valence-electron chi connectivity index (χ1n) is 27.6. The van der Waals surface area contributed by atoms with E-state index in [0.29, 0.717) is 0 Å². The summed E-state index contributed by atoms with van der Waals surface area (Å²) in [7, 11) is 0. The minimum Gasteiger partial charge on any atom is -0.372 e. The molecule has 0 unspecified atom stereocenters. The van der Waals surface area contributed by atoms with Crippen LogP contribution in [0.25, 0.3) is 0 Å². The predicted molar refractivity (Wildman–Crippen MR) is 302 cm³/mol. The molecule has 6 nitrogen and oxygen atoms in total. The summed E-state index contributed by atoms with van der Waals surface area (Å²) in [5.41, 5.74) is 12.5. The van der Waals surface area contributed by atoms with Crippen molar-refractivity contribution in [2.75, 3.05) is 76.9 Å². The Bertz CT molecular complexity index is 1740. The van der Waals surface area contributed by atoms with Crippen molar-refractivity contribution in [1.82, 2.24) is 0 Å². The number of nitrogens with zero attached hydrogens (tertiary/aromatic N) is 5. The molecular weight excluding hydrogens is 829 g/mol. The normalized spacial score (nSPS) is 11.3. The van der Waals surface area contributed by atoms with Crippen LogP contribution in [0.1, 0.15) is 158 Å². The van der Waals surface area contributed by atoms with E-state index in [2.05, 4.69) is 201 Å². The van der Waals surface area contributed by atoms with Gasteiger partial charge in [-0.15, -0.1) is 0 Å². The first-order valence-corrected chi connectivity index (χ1v) is 27.6. The molecule has 0 fully saturated rings. The Morgan fingerprint density at radius 1 is 0.235 bits per heavy atom. The average molecular weight is 922 g/mol. The van der Waals surface area contributed by atoms with Crippen molar-refractivity contribution in [1.29, 1.82) is 0 Å². The summed E-state index contributed by atoms with van der Waals surface area (Å²) in [4.78, 5) is 14.1. The third kappa shape index (κ3) is 16.1. The van der Waals surface area contributed by atoms with E-state index in [-0.39, 0.29) is 0 Å². The minimum atomic E-state index is 1.10. The third-order valence-electron chi connectivity index (χ3n) is 13.7. The Hall–Kier alpha value is -4.94. The summed E-state index contributed by atoms with van der Waals surface area (Å²) in [6.45, 7) is 27.2. The van der Waals surface area contributed by atoms with Crippen LogP contribution >= 0.6 is 0 Å². The molecule has 6 heteroatoms. The van der Waals surface area contributed by atoms with Crippen molar-refractivity contribution in [2.45, 2.75) is 158 Å². The molecule has 5 aromatic rings. The molecule has 0 spiro atoms. The monoisotopic (exact) mass is 922 g/mol. The first-order chi connectivity index (χ1) is 33.4. The van der Waals surface area contributed by atoms with Crippen molar-refractivity contribution in [3.8, 4) is 0 Å². The maximum atomic E-state index is 2.59. The first kappa shape index (κ1) is 54.0. The fourth-order valence-corrected chi connectivity index (χ4v) is 9.30. The van der Waals surface area contributed by atoms with Crippen molar-refractivity contribution >= 4 is 56.9 Å². The maximum absolute atomic E-state index is 2.59. The van der Waals surface area contributed by atoms with Crippen molar-refractivity contribution in [3.05, 3.63) is 121 Å². The fourth-order valence-electron chi connectivity index (χ4n) is 9.30. The lowest BCUT2D eigenvalue weighted by Crippen LogP contribution is -2.96. The molecular formula is C62H93N6+. The van der Waals surface area contributed by atoms with E-state index in [9.17, 15) is 0 Å². The topological polar surface area (TPSA) is 20.6 Å². The van der Waals surface area contributed by atoms with Gasteiger partial charge < -0.3 is 24.5 Å². The number of rotatable bonds is 34.